The molecule has 0 saturated heterocycles. The van der Waals surface area contributed by atoms with Gasteiger partial charge >= 0.3 is 0 Å². The second-order valence-electron chi connectivity index (χ2n) is 5.49. The van der Waals surface area contributed by atoms with Crippen molar-refractivity contribution >= 4 is 0 Å². The monoisotopic (exact) mass is 229 g/mol. The second-order valence-corrected chi connectivity index (χ2v) is 5.49. The fourth-order valence-corrected chi connectivity index (χ4v) is 1.46. The second kappa shape index (κ2) is 8.04. The minimum atomic E-state index is 0.325. The molecule has 0 aliphatic carbocycles. The summed E-state index contributed by atoms with van der Waals surface area (Å²) in [6.45, 7) is 11.4. The van der Waals surface area contributed by atoms with E-state index in [0.717, 1.165) is 19.6 Å². The van der Waals surface area contributed by atoms with Gasteiger partial charge in [0, 0.05) is 18.6 Å². The van der Waals surface area contributed by atoms with E-state index >= 15 is 0 Å². The third-order valence-corrected chi connectivity index (χ3v) is 3.48. The Kier molecular flexibility index (Phi) is 7.98. The van der Waals surface area contributed by atoms with Crippen molar-refractivity contribution in [3.05, 3.63) is 0 Å². The molecule has 0 radical (unpaired) electrons. The zero-order valence-electron chi connectivity index (χ0n) is 12.1. The van der Waals surface area contributed by atoms with Crippen LogP contribution in [0.4, 0.5) is 0 Å². The van der Waals surface area contributed by atoms with Crippen LogP contribution in [0.5, 0.6) is 0 Å². The Labute approximate surface area is 102 Å². The minimum Gasteiger partial charge on any atom is -0.315 e. The standard InChI is InChI=1S/C13H31N3/c1-7-13(2,3)16(6)12-10-14-9-8-11-15(4)5/h14H,7-12H2,1-6H3. The predicted molar refractivity (Wildman–Crippen MR) is 73.0 cm³/mol. The van der Waals surface area contributed by atoms with Gasteiger partial charge in [-0.25, -0.2) is 0 Å². The van der Waals surface area contributed by atoms with Gasteiger partial charge in [0.1, 0.15) is 0 Å². The van der Waals surface area contributed by atoms with Crippen LogP contribution in [-0.4, -0.2) is 62.7 Å². The van der Waals surface area contributed by atoms with Gasteiger partial charge in [0.2, 0.25) is 0 Å². The van der Waals surface area contributed by atoms with E-state index in [0.29, 0.717) is 5.54 Å². The Hall–Kier alpha value is -0.120. The van der Waals surface area contributed by atoms with Crippen molar-refractivity contribution in [2.75, 3.05) is 47.3 Å². The quantitative estimate of drug-likeness (QED) is 0.607. The van der Waals surface area contributed by atoms with Crippen LogP contribution in [0, 0.1) is 0 Å². The van der Waals surface area contributed by atoms with E-state index in [1.165, 1.54) is 19.4 Å². The average Bonchev–Trinajstić information content (AvgIpc) is 2.22. The van der Waals surface area contributed by atoms with Crippen molar-refractivity contribution in [1.82, 2.24) is 15.1 Å². The molecule has 3 heteroatoms. The van der Waals surface area contributed by atoms with Crippen LogP contribution in [0.1, 0.15) is 33.6 Å². The van der Waals surface area contributed by atoms with Gasteiger partial charge in [-0.05, 0) is 60.9 Å². The largest absolute Gasteiger partial charge is 0.315 e. The van der Waals surface area contributed by atoms with Gasteiger partial charge in [-0.15, -0.1) is 0 Å². The Balaban J connectivity index is 3.45. The molecule has 0 unspecified atom stereocenters. The predicted octanol–water partition coefficient (Wildman–Crippen LogP) is 1.65. The zero-order chi connectivity index (χ0) is 12.6. The molecule has 0 rings (SSSR count). The van der Waals surface area contributed by atoms with Crippen LogP contribution in [0.3, 0.4) is 0 Å². The number of hydrogen-bond donors (Lipinski definition) is 1. The van der Waals surface area contributed by atoms with Gasteiger partial charge in [-0.3, -0.25) is 4.90 Å². The van der Waals surface area contributed by atoms with Crippen molar-refractivity contribution in [1.29, 1.82) is 0 Å². The van der Waals surface area contributed by atoms with Gasteiger partial charge in [0.25, 0.3) is 0 Å². The van der Waals surface area contributed by atoms with Gasteiger partial charge in [0.15, 0.2) is 0 Å². The summed E-state index contributed by atoms with van der Waals surface area (Å²) in [4.78, 5) is 4.67. The smallest absolute Gasteiger partial charge is 0.0148 e. The molecular formula is C13H31N3. The van der Waals surface area contributed by atoms with E-state index in [4.69, 9.17) is 0 Å². The Morgan fingerprint density at radius 3 is 2.12 bits per heavy atom. The summed E-state index contributed by atoms with van der Waals surface area (Å²) < 4.78 is 0. The molecule has 0 aliphatic heterocycles. The van der Waals surface area contributed by atoms with E-state index in [9.17, 15) is 0 Å². The third-order valence-electron chi connectivity index (χ3n) is 3.48. The number of nitrogens with zero attached hydrogens (tertiary/aromatic N) is 2. The van der Waals surface area contributed by atoms with Crippen molar-refractivity contribution in [3.63, 3.8) is 0 Å². The molecule has 3 nitrogen and oxygen atoms in total. The van der Waals surface area contributed by atoms with E-state index in [1.54, 1.807) is 0 Å². The SMILES string of the molecule is CCC(C)(C)N(C)CCNCCCN(C)C. The highest BCUT2D eigenvalue weighted by Gasteiger charge is 2.19. The highest BCUT2D eigenvalue weighted by molar-refractivity contribution is 4.77. The summed E-state index contributed by atoms with van der Waals surface area (Å²) in [7, 11) is 6.46. The maximum absolute atomic E-state index is 3.50. The lowest BCUT2D eigenvalue weighted by Gasteiger charge is -2.34. The molecule has 0 aromatic heterocycles. The number of rotatable bonds is 9. The van der Waals surface area contributed by atoms with Gasteiger partial charge in [-0.2, -0.15) is 0 Å². The molecular weight excluding hydrogens is 198 g/mol. The molecule has 0 atom stereocenters. The summed E-state index contributed by atoms with van der Waals surface area (Å²) in [5, 5.41) is 3.50. The molecule has 0 amide bonds. The summed E-state index contributed by atoms with van der Waals surface area (Å²) >= 11 is 0. The van der Waals surface area contributed by atoms with Gasteiger partial charge in [-0.1, -0.05) is 6.92 Å². The van der Waals surface area contributed by atoms with E-state index < -0.39 is 0 Å². The number of nitrogens with one attached hydrogen (secondary N) is 1. The molecule has 0 aliphatic rings. The van der Waals surface area contributed by atoms with Crippen LogP contribution in [0.2, 0.25) is 0 Å². The lowest BCUT2D eigenvalue weighted by Crippen LogP contribution is -2.43. The molecule has 0 spiro atoms. The lowest BCUT2D eigenvalue weighted by molar-refractivity contribution is 0.152. The first-order valence-electron chi connectivity index (χ1n) is 6.47. The fraction of sp³-hybridized carbons (Fsp3) is 1.00. The van der Waals surface area contributed by atoms with Crippen molar-refractivity contribution in [2.45, 2.75) is 39.2 Å². The van der Waals surface area contributed by atoms with Crippen molar-refractivity contribution in [3.8, 4) is 0 Å². The minimum absolute atomic E-state index is 0.325. The van der Waals surface area contributed by atoms with E-state index in [1.807, 2.05) is 0 Å². The molecule has 98 valence electrons. The van der Waals surface area contributed by atoms with Crippen LogP contribution in [-0.2, 0) is 0 Å². The highest BCUT2D eigenvalue weighted by Crippen LogP contribution is 2.15. The van der Waals surface area contributed by atoms with Crippen LogP contribution in [0.15, 0.2) is 0 Å². The molecule has 0 bridgehead atoms. The van der Waals surface area contributed by atoms with Crippen LogP contribution >= 0.6 is 0 Å². The first kappa shape index (κ1) is 15.9. The zero-order valence-corrected chi connectivity index (χ0v) is 12.1. The van der Waals surface area contributed by atoms with E-state index in [-0.39, 0.29) is 0 Å². The molecule has 16 heavy (non-hydrogen) atoms. The number of hydrogen-bond acceptors (Lipinski definition) is 3. The van der Waals surface area contributed by atoms with Crippen molar-refractivity contribution < 1.29 is 0 Å². The molecule has 0 aromatic rings. The summed E-state index contributed by atoms with van der Waals surface area (Å²) in [6.07, 6.45) is 2.43. The fourth-order valence-electron chi connectivity index (χ4n) is 1.46. The van der Waals surface area contributed by atoms with Gasteiger partial charge in [0.05, 0.1) is 0 Å². The maximum Gasteiger partial charge on any atom is 0.0148 e. The number of likely N-dealkylation sites (N-methyl/N-ethyl adjacent to an activating group) is 1. The summed E-state index contributed by atoms with van der Waals surface area (Å²) in [6, 6.07) is 0. The Morgan fingerprint density at radius 1 is 1.00 bits per heavy atom. The van der Waals surface area contributed by atoms with Crippen molar-refractivity contribution in [2.24, 2.45) is 0 Å². The van der Waals surface area contributed by atoms with Crippen LogP contribution < -0.4 is 5.32 Å². The third kappa shape index (κ3) is 7.20. The summed E-state index contributed by atoms with van der Waals surface area (Å²) in [5.74, 6) is 0. The topological polar surface area (TPSA) is 18.5 Å². The molecule has 0 fully saturated rings. The molecule has 1 N–H and O–H groups in total. The first-order chi connectivity index (χ1) is 7.40. The van der Waals surface area contributed by atoms with Gasteiger partial charge < -0.3 is 10.2 Å². The van der Waals surface area contributed by atoms with E-state index in [2.05, 4.69) is 57.0 Å². The lowest BCUT2D eigenvalue weighted by atomic mass is 10.0. The summed E-state index contributed by atoms with van der Waals surface area (Å²) in [5.41, 5.74) is 0.325. The maximum atomic E-state index is 3.50. The molecule has 0 aromatic carbocycles. The average molecular weight is 229 g/mol. The highest BCUT2D eigenvalue weighted by atomic mass is 15.2. The molecule has 0 heterocycles. The van der Waals surface area contributed by atoms with Crippen LogP contribution in [0.25, 0.3) is 0 Å². The normalized spacial score (nSPS) is 12.8. The Morgan fingerprint density at radius 2 is 1.62 bits per heavy atom. The Bertz CT molecular complexity index is 167. The first-order valence-corrected chi connectivity index (χ1v) is 6.47. The molecule has 0 saturated carbocycles.